The van der Waals surface area contributed by atoms with Crippen LogP contribution in [0.15, 0.2) is 35.5 Å². The van der Waals surface area contributed by atoms with E-state index in [0.717, 1.165) is 43.5 Å². The summed E-state index contributed by atoms with van der Waals surface area (Å²) in [6.45, 7) is 8.41. The van der Waals surface area contributed by atoms with Crippen molar-refractivity contribution in [2.24, 2.45) is 0 Å². The van der Waals surface area contributed by atoms with Gasteiger partial charge in [0, 0.05) is 26.1 Å². The van der Waals surface area contributed by atoms with Gasteiger partial charge in [0.15, 0.2) is 5.16 Å². The van der Waals surface area contributed by atoms with Crippen LogP contribution in [0.25, 0.3) is 0 Å². The highest BCUT2D eigenvalue weighted by molar-refractivity contribution is 7.99. The van der Waals surface area contributed by atoms with Gasteiger partial charge in [-0.2, -0.15) is 0 Å². The van der Waals surface area contributed by atoms with Crippen molar-refractivity contribution in [1.29, 1.82) is 0 Å². The van der Waals surface area contributed by atoms with Crippen LogP contribution in [0.5, 0.6) is 0 Å². The molecule has 0 aliphatic carbocycles. The topological polar surface area (TPSA) is 51.0 Å². The molecule has 0 N–H and O–H groups in total. The molecule has 2 rings (SSSR count). The summed E-state index contributed by atoms with van der Waals surface area (Å²) in [4.78, 5) is 14.0. The average molecular weight is 347 g/mol. The van der Waals surface area contributed by atoms with Gasteiger partial charge >= 0.3 is 0 Å². The van der Waals surface area contributed by atoms with E-state index in [1.807, 2.05) is 24.8 Å². The summed E-state index contributed by atoms with van der Waals surface area (Å²) < 4.78 is 2.11. The molecule has 2 aromatic rings. The second kappa shape index (κ2) is 9.47. The Morgan fingerprint density at radius 3 is 2.42 bits per heavy atom. The number of aryl methyl sites for hydroxylation is 2. The molecule has 0 fully saturated rings. The first-order chi connectivity index (χ1) is 11.7. The van der Waals surface area contributed by atoms with Gasteiger partial charge < -0.3 is 9.47 Å². The Hall–Kier alpha value is -1.82. The predicted octanol–water partition coefficient (Wildman–Crippen LogP) is 3.04. The first-order valence-corrected chi connectivity index (χ1v) is 9.54. The van der Waals surface area contributed by atoms with E-state index >= 15 is 0 Å². The number of rotatable bonds is 9. The summed E-state index contributed by atoms with van der Waals surface area (Å²) in [6, 6.07) is 10.4. The molecule has 1 heterocycles. The molecular formula is C18H26N4OS. The molecule has 0 aliphatic rings. The molecular weight excluding hydrogens is 320 g/mol. The number of carbonyl (C=O) groups is 1. The third-order valence-corrected chi connectivity index (χ3v) is 4.98. The highest BCUT2D eigenvalue weighted by Gasteiger charge is 2.15. The molecule has 0 atom stereocenters. The molecule has 6 heteroatoms. The summed E-state index contributed by atoms with van der Waals surface area (Å²) in [5.41, 5.74) is 1.30. The fourth-order valence-electron chi connectivity index (χ4n) is 2.62. The molecule has 0 saturated heterocycles. The van der Waals surface area contributed by atoms with Gasteiger partial charge in [-0.25, -0.2) is 0 Å². The number of hydrogen-bond donors (Lipinski definition) is 0. The lowest BCUT2D eigenvalue weighted by Gasteiger charge is -2.18. The van der Waals surface area contributed by atoms with Crippen LogP contribution < -0.4 is 0 Å². The maximum atomic E-state index is 12.1. The number of nitrogens with zero attached hydrogens (tertiary/aromatic N) is 4. The fourth-order valence-corrected chi connectivity index (χ4v) is 3.55. The van der Waals surface area contributed by atoms with Crippen LogP contribution in [0.1, 0.15) is 32.2 Å². The van der Waals surface area contributed by atoms with Gasteiger partial charge in [0.2, 0.25) is 5.91 Å². The minimum Gasteiger partial charge on any atom is -0.343 e. The number of amides is 1. The minimum absolute atomic E-state index is 0.154. The summed E-state index contributed by atoms with van der Waals surface area (Å²) in [5.74, 6) is 1.55. The summed E-state index contributed by atoms with van der Waals surface area (Å²) in [5, 5.41) is 9.45. The molecule has 5 nitrogen and oxygen atoms in total. The smallest absolute Gasteiger partial charge is 0.233 e. The minimum atomic E-state index is 0.154. The van der Waals surface area contributed by atoms with Crippen molar-refractivity contribution in [2.45, 2.75) is 45.3 Å². The van der Waals surface area contributed by atoms with E-state index in [9.17, 15) is 4.79 Å². The first kappa shape index (κ1) is 18.5. The predicted molar refractivity (Wildman–Crippen MR) is 98.2 cm³/mol. The molecule has 0 unspecified atom stereocenters. The van der Waals surface area contributed by atoms with Crippen LogP contribution in [-0.4, -0.2) is 44.4 Å². The SMILES string of the molecule is CCN(CC)C(=O)CSc1nnc(CCc2ccccc2)n1CC. The quantitative estimate of drug-likeness (QED) is 0.655. The average Bonchev–Trinajstić information content (AvgIpc) is 3.02. The number of benzene rings is 1. The largest absolute Gasteiger partial charge is 0.343 e. The fraction of sp³-hybridized carbons (Fsp3) is 0.500. The number of hydrogen-bond acceptors (Lipinski definition) is 4. The molecule has 1 amide bonds. The van der Waals surface area contributed by atoms with Gasteiger partial charge in [-0.15, -0.1) is 10.2 Å². The van der Waals surface area contributed by atoms with E-state index in [2.05, 4.69) is 46.0 Å². The van der Waals surface area contributed by atoms with E-state index in [1.165, 1.54) is 17.3 Å². The van der Waals surface area contributed by atoms with Gasteiger partial charge in [0.25, 0.3) is 0 Å². The molecule has 1 aromatic heterocycles. The van der Waals surface area contributed by atoms with Crippen molar-refractivity contribution in [2.75, 3.05) is 18.8 Å². The highest BCUT2D eigenvalue weighted by Crippen LogP contribution is 2.18. The van der Waals surface area contributed by atoms with Gasteiger partial charge in [0.1, 0.15) is 5.82 Å². The Morgan fingerprint density at radius 1 is 1.08 bits per heavy atom. The molecule has 130 valence electrons. The monoisotopic (exact) mass is 346 g/mol. The summed E-state index contributed by atoms with van der Waals surface area (Å²) >= 11 is 1.48. The van der Waals surface area contributed by atoms with Crippen LogP contribution >= 0.6 is 11.8 Å². The van der Waals surface area contributed by atoms with Crippen molar-refractivity contribution < 1.29 is 4.79 Å². The third-order valence-electron chi connectivity index (χ3n) is 4.03. The van der Waals surface area contributed by atoms with Crippen molar-refractivity contribution in [1.82, 2.24) is 19.7 Å². The lowest BCUT2D eigenvalue weighted by Crippen LogP contribution is -2.31. The van der Waals surface area contributed by atoms with Crippen molar-refractivity contribution in [3.05, 3.63) is 41.7 Å². The molecule has 0 bridgehead atoms. The van der Waals surface area contributed by atoms with Crippen LogP contribution in [-0.2, 0) is 24.2 Å². The zero-order chi connectivity index (χ0) is 17.4. The number of thioether (sulfide) groups is 1. The van der Waals surface area contributed by atoms with Gasteiger partial charge in [-0.1, -0.05) is 42.1 Å². The standard InChI is InChI=1S/C18H26N4OS/c1-4-21(5-2)17(23)14-24-18-20-19-16(22(18)6-3)13-12-15-10-8-7-9-11-15/h7-11H,4-6,12-14H2,1-3H3. The molecule has 0 aliphatic heterocycles. The van der Waals surface area contributed by atoms with E-state index in [0.29, 0.717) is 5.75 Å². The number of carbonyl (C=O) groups excluding carboxylic acids is 1. The first-order valence-electron chi connectivity index (χ1n) is 8.56. The zero-order valence-corrected chi connectivity index (χ0v) is 15.6. The van der Waals surface area contributed by atoms with Crippen LogP contribution in [0, 0.1) is 0 Å². The summed E-state index contributed by atoms with van der Waals surface area (Å²) in [7, 11) is 0. The Labute approximate surface area is 148 Å². The van der Waals surface area contributed by atoms with E-state index in [4.69, 9.17) is 0 Å². The molecule has 0 saturated carbocycles. The molecule has 0 radical (unpaired) electrons. The lowest BCUT2D eigenvalue weighted by molar-refractivity contribution is -0.127. The molecule has 0 spiro atoms. The highest BCUT2D eigenvalue weighted by atomic mass is 32.2. The van der Waals surface area contributed by atoms with Crippen LogP contribution in [0.4, 0.5) is 0 Å². The van der Waals surface area contributed by atoms with E-state index < -0.39 is 0 Å². The third kappa shape index (κ3) is 4.84. The van der Waals surface area contributed by atoms with Crippen molar-refractivity contribution in [3.8, 4) is 0 Å². The lowest BCUT2D eigenvalue weighted by atomic mass is 10.1. The Bertz CT molecular complexity index is 638. The normalized spacial score (nSPS) is 10.8. The summed E-state index contributed by atoms with van der Waals surface area (Å²) in [6.07, 6.45) is 1.80. The van der Waals surface area contributed by atoms with Gasteiger partial charge in [-0.05, 0) is 32.8 Å². The van der Waals surface area contributed by atoms with Crippen LogP contribution in [0.2, 0.25) is 0 Å². The molecule has 1 aromatic carbocycles. The zero-order valence-electron chi connectivity index (χ0n) is 14.7. The molecule has 24 heavy (non-hydrogen) atoms. The van der Waals surface area contributed by atoms with Crippen molar-refractivity contribution >= 4 is 17.7 Å². The Kier molecular flexibility index (Phi) is 7.31. The maximum Gasteiger partial charge on any atom is 0.233 e. The number of aromatic nitrogens is 3. The second-order valence-electron chi connectivity index (χ2n) is 5.48. The Balaban J connectivity index is 1.97. The van der Waals surface area contributed by atoms with E-state index in [1.54, 1.807) is 0 Å². The van der Waals surface area contributed by atoms with Crippen LogP contribution in [0.3, 0.4) is 0 Å². The second-order valence-corrected chi connectivity index (χ2v) is 6.43. The Morgan fingerprint density at radius 2 is 1.79 bits per heavy atom. The van der Waals surface area contributed by atoms with Gasteiger partial charge in [-0.3, -0.25) is 4.79 Å². The van der Waals surface area contributed by atoms with Gasteiger partial charge in [0.05, 0.1) is 5.75 Å². The maximum absolute atomic E-state index is 12.1. The van der Waals surface area contributed by atoms with Crippen molar-refractivity contribution in [3.63, 3.8) is 0 Å². The van der Waals surface area contributed by atoms with E-state index in [-0.39, 0.29) is 5.91 Å².